The van der Waals surface area contributed by atoms with Crippen molar-refractivity contribution in [2.24, 2.45) is 5.73 Å². The van der Waals surface area contributed by atoms with Gasteiger partial charge in [-0.1, -0.05) is 11.6 Å². The summed E-state index contributed by atoms with van der Waals surface area (Å²) in [7, 11) is 1.39. The predicted octanol–water partition coefficient (Wildman–Crippen LogP) is 3.14. The average molecular weight is 243 g/mol. The minimum Gasteiger partial charge on any atom is -0.496 e. The molecule has 17 heavy (non-hydrogen) atoms. The first-order valence-electron chi connectivity index (χ1n) is 5.43. The van der Waals surface area contributed by atoms with Crippen LogP contribution in [0.1, 0.15) is 30.5 Å². The van der Waals surface area contributed by atoms with E-state index in [-0.39, 0.29) is 11.3 Å². The molecular weight excluding hydrogens is 224 g/mol. The van der Waals surface area contributed by atoms with Crippen molar-refractivity contribution in [1.29, 1.82) is 0 Å². The molecule has 1 rings (SSSR count). The van der Waals surface area contributed by atoms with E-state index >= 15 is 0 Å². The van der Waals surface area contributed by atoms with E-state index in [2.05, 4.69) is 0 Å². The van der Waals surface area contributed by atoms with Gasteiger partial charge in [0.15, 0.2) is 0 Å². The molecule has 0 aliphatic rings. The van der Waals surface area contributed by atoms with E-state index in [4.69, 9.17) is 10.5 Å². The molecule has 1 aromatic rings. The molecule has 0 fully saturated rings. The Hall–Kier alpha value is -1.16. The van der Waals surface area contributed by atoms with Crippen LogP contribution in [-0.4, -0.2) is 12.6 Å². The second kappa shape index (κ2) is 4.26. The minimum atomic E-state index is -3.14. The van der Waals surface area contributed by atoms with Gasteiger partial charge in [-0.25, -0.2) is 0 Å². The fourth-order valence-corrected chi connectivity index (χ4v) is 1.81. The van der Waals surface area contributed by atoms with Crippen LogP contribution in [0.2, 0.25) is 0 Å². The van der Waals surface area contributed by atoms with E-state index in [0.717, 1.165) is 5.56 Å². The number of ether oxygens (including phenoxy) is 1. The number of benzene rings is 1. The average Bonchev–Trinajstić information content (AvgIpc) is 2.14. The Morgan fingerprint density at radius 3 is 2.12 bits per heavy atom. The zero-order chi connectivity index (χ0) is 13.4. The van der Waals surface area contributed by atoms with Gasteiger partial charge in [-0.15, -0.1) is 0 Å². The molecule has 0 unspecified atom stereocenters. The number of hydrogen-bond acceptors (Lipinski definition) is 2. The van der Waals surface area contributed by atoms with Gasteiger partial charge in [-0.3, -0.25) is 0 Å². The van der Waals surface area contributed by atoms with Gasteiger partial charge >= 0.3 is 0 Å². The molecule has 0 bridgehead atoms. The zero-order valence-electron chi connectivity index (χ0n) is 10.9. The summed E-state index contributed by atoms with van der Waals surface area (Å²) >= 11 is 0. The Morgan fingerprint density at radius 2 is 1.71 bits per heavy atom. The largest absolute Gasteiger partial charge is 0.496 e. The number of alkyl halides is 2. The lowest BCUT2D eigenvalue weighted by Crippen LogP contribution is -2.48. The van der Waals surface area contributed by atoms with Gasteiger partial charge in [0.05, 0.1) is 18.2 Å². The summed E-state index contributed by atoms with van der Waals surface area (Å²) in [6.07, 6.45) is 0. The molecule has 0 atom stereocenters. The summed E-state index contributed by atoms with van der Waals surface area (Å²) in [5.41, 5.74) is 5.23. The van der Waals surface area contributed by atoms with Crippen LogP contribution in [0.3, 0.4) is 0 Å². The summed E-state index contributed by atoms with van der Waals surface area (Å²) in [4.78, 5) is 0. The normalized spacial score (nSPS) is 12.7. The topological polar surface area (TPSA) is 35.2 Å². The predicted molar refractivity (Wildman–Crippen MR) is 64.6 cm³/mol. The summed E-state index contributed by atoms with van der Waals surface area (Å²) in [5.74, 6) is -2.94. The number of nitrogens with two attached hydrogens (primary N) is 1. The van der Waals surface area contributed by atoms with Gasteiger partial charge in [0.25, 0.3) is 5.92 Å². The van der Waals surface area contributed by atoms with Gasteiger partial charge in [0, 0.05) is 0 Å². The van der Waals surface area contributed by atoms with Crippen molar-refractivity contribution in [2.45, 2.75) is 39.2 Å². The number of hydrogen-bond donors (Lipinski definition) is 1. The van der Waals surface area contributed by atoms with Crippen molar-refractivity contribution in [3.63, 3.8) is 0 Å². The zero-order valence-corrected chi connectivity index (χ0v) is 10.9. The van der Waals surface area contributed by atoms with Crippen LogP contribution in [0, 0.1) is 13.8 Å². The fraction of sp³-hybridized carbons (Fsp3) is 0.538. The van der Waals surface area contributed by atoms with E-state index in [0.29, 0.717) is 5.56 Å². The monoisotopic (exact) mass is 243 g/mol. The molecule has 4 heteroatoms. The maximum atomic E-state index is 14.3. The van der Waals surface area contributed by atoms with Gasteiger partial charge < -0.3 is 10.5 Å². The Labute approximate surface area is 101 Å². The van der Waals surface area contributed by atoms with Gasteiger partial charge in [-0.05, 0) is 39.3 Å². The van der Waals surface area contributed by atoms with Crippen molar-refractivity contribution < 1.29 is 13.5 Å². The third-order valence-corrected chi connectivity index (χ3v) is 2.77. The fourth-order valence-electron chi connectivity index (χ4n) is 1.81. The highest BCUT2D eigenvalue weighted by Crippen LogP contribution is 2.43. The van der Waals surface area contributed by atoms with Crippen molar-refractivity contribution >= 4 is 0 Å². The molecule has 0 saturated carbocycles. The first-order valence-corrected chi connectivity index (χ1v) is 5.43. The molecule has 0 spiro atoms. The number of rotatable bonds is 3. The first-order chi connectivity index (χ1) is 7.61. The van der Waals surface area contributed by atoms with E-state index in [1.165, 1.54) is 27.0 Å². The Bertz CT molecular complexity index is 422. The van der Waals surface area contributed by atoms with E-state index in [1.54, 1.807) is 13.8 Å². The lowest BCUT2D eigenvalue weighted by Gasteiger charge is -2.32. The van der Waals surface area contributed by atoms with Gasteiger partial charge in [0.2, 0.25) is 0 Å². The van der Waals surface area contributed by atoms with E-state index in [1.807, 2.05) is 6.07 Å². The Kier molecular flexibility index (Phi) is 3.48. The molecule has 0 aliphatic carbocycles. The molecule has 2 nitrogen and oxygen atoms in total. The lowest BCUT2D eigenvalue weighted by atomic mass is 9.88. The molecule has 0 saturated heterocycles. The number of aryl methyl sites for hydroxylation is 2. The van der Waals surface area contributed by atoms with E-state index in [9.17, 15) is 8.78 Å². The Balaban J connectivity index is 3.50. The molecule has 0 aliphatic heterocycles. The first kappa shape index (κ1) is 13.9. The van der Waals surface area contributed by atoms with Crippen LogP contribution in [0.25, 0.3) is 0 Å². The van der Waals surface area contributed by atoms with Crippen LogP contribution >= 0.6 is 0 Å². The molecule has 0 amide bonds. The number of halogens is 2. The minimum absolute atomic E-state index is 0.148. The third-order valence-electron chi connectivity index (χ3n) is 2.77. The quantitative estimate of drug-likeness (QED) is 0.885. The summed E-state index contributed by atoms with van der Waals surface area (Å²) in [5, 5.41) is 0. The third kappa shape index (κ3) is 2.41. The second-order valence-corrected chi connectivity index (χ2v) is 4.96. The highest BCUT2D eigenvalue weighted by molar-refractivity contribution is 5.47. The van der Waals surface area contributed by atoms with E-state index < -0.39 is 11.5 Å². The van der Waals surface area contributed by atoms with Crippen molar-refractivity contribution in [3.05, 3.63) is 28.8 Å². The molecule has 0 heterocycles. The molecule has 96 valence electrons. The van der Waals surface area contributed by atoms with Crippen LogP contribution in [0.4, 0.5) is 8.78 Å². The molecule has 1 aromatic carbocycles. The smallest absolute Gasteiger partial charge is 0.293 e. The second-order valence-electron chi connectivity index (χ2n) is 4.96. The van der Waals surface area contributed by atoms with Crippen LogP contribution < -0.4 is 10.5 Å². The van der Waals surface area contributed by atoms with Crippen molar-refractivity contribution in [1.82, 2.24) is 0 Å². The maximum Gasteiger partial charge on any atom is 0.293 e. The highest BCUT2D eigenvalue weighted by Gasteiger charge is 2.47. The standard InChI is InChI=1S/C13H19F2NO/c1-8-6-9(2)11(17-5)10(7-8)13(14,15)12(3,4)16/h6-7H,16H2,1-5H3. The summed E-state index contributed by atoms with van der Waals surface area (Å²) < 4.78 is 33.6. The lowest BCUT2D eigenvalue weighted by molar-refractivity contribution is -0.0689. The molecule has 2 N–H and O–H groups in total. The van der Waals surface area contributed by atoms with Crippen LogP contribution in [0.15, 0.2) is 12.1 Å². The molecule has 0 radical (unpaired) electrons. The van der Waals surface area contributed by atoms with Crippen LogP contribution in [-0.2, 0) is 5.92 Å². The maximum absolute atomic E-state index is 14.3. The van der Waals surface area contributed by atoms with Crippen molar-refractivity contribution in [2.75, 3.05) is 7.11 Å². The van der Waals surface area contributed by atoms with Gasteiger partial charge in [0.1, 0.15) is 5.75 Å². The molecule has 0 aromatic heterocycles. The summed E-state index contributed by atoms with van der Waals surface area (Å²) in [6, 6.07) is 3.24. The van der Waals surface area contributed by atoms with Gasteiger partial charge in [-0.2, -0.15) is 8.78 Å². The number of methoxy groups -OCH3 is 1. The van der Waals surface area contributed by atoms with Crippen molar-refractivity contribution in [3.8, 4) is 5.75 Å². The highest BCUT2D eigenvalue weighted by atomic mass is 19.3. The molecular formula is C13H19F2NO. The van der Waals surface area contributed by atoms with Crippen LogP contribution in [0.5, 0.6) is 5.75 Å². The Morgan fingerprint density at radius 1 is 1.18 bits per heavy atom. The summed E-state index contributed by atoms with van der Waals surface area (Å²) in [6.45, 7) is 6.14. The SMILES string of the molecule is COc1c(C)cc(C)cc1C(F)(F)C(C)(C)N.